The number of piperidine rings is 1. The molecule has 120 valence electrons. The average molecular weight is 294 g/mol. The summed E-state index contributed by atoms with van der Waals surface area (Å²) in [5.41, 5.74) is 0. The van der Waals surface area contributed by atoms with Gasteiger partial charge in [0.05, 0.1) is 0 Å². The SMILES string of the molecule is CCC(=O)N1CCC(NC(=O)CCC2CCCCC2)CC1. The molecule has 2 amide bonds. The molecule has 0 atom stereocenters. The minimum Gasteiger partial charge on any atom is -0.353 e. The summed E-state index contributed by atoms with van der Waals surface area (Å²) < 4.78 is 0. The highest BCUT2D eigenvalue weighted by Crippen LogP contribution is 2.27. The monoisotopic (exact) mass is 294 g/mol. The molecular weight excluding hydrogens is 264 g/mol. The molecule has 0 bridgehead atoms. The van der Waals surface area contributed by atoms with Crippen LogP contribution < -0.4 is 5.32 Å². The molecule has 0 unspecified atom stereocenters. The number of hydrogen-bond acceptors (Lipinski definition) is 2. The number of nitrogens with zero attached hydrogens (tertiary/aromatic N) is 1. The Kier molecular flexibility index (Phi) is 6.52. The second kappa shape index (κ2) is 8.40. The van der Waals surface area contributed by atoms with Gasteiger partial charge >= 0.3 is 0 Å². The first kappa shape index (κ1) is 16.3. The van der Waals surface area contributed by atoms with Gasteiger partial charge in [-0.15, -0.1) is 0 Å². The summed E-state index contributed by atoms with van der Waals surface area (Å²) in [5.74, 6) is 1.21. The maximum atomic E-state index is 12.0. The van der Waals surface area contributed by atoms with Gasteiger partial charge in [-0.25, -0.2) is 0 Å². The third kappa shape index (κ3) is 5.33. The molecule has 1 aliphatic carbocycles. The van der Waals surface area contributed by atoms with Crippen molar-refractivity contribution in [2.45, 2.75) is 77.2 Å². The zero-order valence-electron chi connectivity index (χ0n) is 13.4. The molecule has 4 heteroatoms. The maximum absolute atomic E-state index is 12.0. The lowest BCUT2D eigenvalue weighted by molar-refractivity contribution is -0.132. The molecule has 1 saturated carbocycles. The van der Waals surface area contributed by atoms with Crippen LogP contribution in [0.5, 0.6) is 0 Å². The fourth-order valence-corrected chi connectivity index (χ4v) is 3.61. The molecule has 2 aliphatic rings. The Morgan fingerprint density at radius 1 is 1.05 bits per heavy atom. The molecule has 0 aromatic rings. The number of hydrogen-bond donors (Lipinski definition) is 1. The fraction of sp³-hybridized carbons (Fsp3) is 0.882. The predicted molar refractivity (Wildman–Crippen MR) is 83.8 cm³/mol. The summed E-state index contributed by atoms with van der Waals surface area (Å²) in [7, 11) is 0. The van der Waals surface area contributed by atoms with Crippen LogP contribution in [0, 0.1) is 5.92 Å². The summed E-state index contributed by atoms with van der Waals surface area (Å²) in [6.07, 6.45) is 10.8. The van der Waals surface area contributed by atoms with Gasteiger partial charge in [0, 0.05) is 32.0 Å². The minimum absolute atomic E-state index is 0.209. The smallest absolute Gasteiger partial charge is 0.222 e. The molecule has 1 saturated heterocycles. The van der Waals surface area contributed by atoms with Gasteiger partial charge in [0.2, 0.25) is 11.8 Å². The van der Waals surface area contributed by atoms with Crippen LogP contribution in [0.15, 0.2) is 0 Å². The van der Waals surface area contributed by atoms with Gasteiger partial charge in [0.1, 0.15) is 0 Å². The summed E-state index contributed by atoms with van der Waals surface area (Å²) in [4.78, 5) is 25.6. The van der Waals surface area contributed by atoms with E-state index >= 15 is 0 Å². The van der Waals surface area contributed by atoms with Gasteiger partial charge < -0.3 is 10.2 Å². The Morgan fingerprint density at radius 2 is 1.71 bits per heavy atom. The molecular formula is C17H30N2O2. The first-order valence-corrected chi connectivity index (χ1v) is 8.76. The molecule has 2 fully saturated rings. The van der Waals surface area contributed by atoms with E-state index in [-0.39, 0.29) is 17.9 Å². The fourth-order valence-electron chi connectivity index (χ4n) is 3.61. The van der Waals surface area contributed by atoms with Crippen LogP contribution in [0.3, 0.4) is 0 Å². The van der Waals surface area contributed by atoms with Gasteiger partial charge in [-0.3, -0.25) is 9.59 Å². The summed E-state index contributed by atoms with van der Waals surface area (Å²) in [6.45, 7) is 3.49. The average Bonchev–Trinajstić information content (AvgIpc) is 2.54. The second-order valence-corrected chi connectivity index (χ2v) is 6.62. The molecule has 0 aromatic heterocycles. The van der Waals surface area contributed by atoms with E-state index in [1.807, 2.05) is 11.8 Å². The lowest BCUT2D eigenvalue weighted by Gasteiger charge is -2.32. The van der Waals surface area contributed by atoms with Crippen molar-refractivity contribution >= 4 is 11.8 Å². The lowest BCUT2D eigenvalue weighted by atomic mass is 9.86. The maximum Gasteiger partial charge on any atom is 0.222 e. The van der Waals surface area contributed by atoms with Crippen molar-refractivity contribution in [2.24, 2.45) is 5.92 Å². The van der Waals surface area contributed by atoms with Crippen molar-refractivity contribution in [2.75, 3.05) is 13.1 Å². The van der Waals surface area contributed by atoms with Gasteiger partial charge in [-0.2, -0.15) is 0 Å². The zero-order chi connectivity index (χ0) is 15.1. The van der Waals surface area contributed by atoms with Crippen LogP contribution in [0.4, 0.5) is 0 Å². The van der Waals surface area contributed by atoms with Crippen LogP contribution in [-0.4, -0.2) is 35.8 Å². The summed E-state index contributed by atoms with van der Waals surface area (Å²) in [6, 6.07) is 0.268. The first-order chi connectivity index (χ1) is 10.2. The summed E-state index contributed by atoms with van der Waals surface area (Å²) in [5, 5.41) is 3.16. The highest BCUT2D eigenvalue weighted by molar-refractivity contribution is 5.77. The van der Waals surface area contributed by atoms with E-state index in [2.05, 4.69) is 5.32 Å². The Labute approximate surface area is 128 Å². The number of nitrogens with one attached hydrogen (secondary N) is 1. The summed E-state index contributed by atoms with van der Waals surface area (Å²) >= 11 is 0. The van der Waals surface area contributed by atoms with Crippen LogP contribution in [0.2, 0.25) is 0 Å². The third-order valence-corrected chi connectivity index (χ3v) is 5.02. The highest BCUT2D eigenvalue weighted by atomic mass is 16.2. The normalized spacial score (nSPS) is 21.3. The van der Waals surface area contributed by atoms with Crippen molar-refractivity contribution in [3.8, 4) is 0 Å². The van der Waals surface area contributed by atoms with Crippen molar-refractivity contribution in [1.82, 2.24) is 10.2 Å². The van der Waals surface area contributed by atoms with Crippen LogP contribution >= 0.6 is 0 Å². The van der Waals surface area contributed by atoms with E-state index in [0.29, 0.717) is 12.8 Å². The van der Waals surface area contributed by atoms with Crippen molar-refractivity contribution < 1.29 is 9.59 Å². The van der Waals surface area contributed by atoms with Gasteiger partial charge in [0.15, 0.2) is 0 Å². The molecule has 0 aromatic carbocycles. The van der Waals surface area contributed by atoms with E-state index in [4.69, 9.17) is 0 Å². The topological polar surface area (TPSA) is 49.4 Å². The Balaban J connectivity index is 1.61. The van der Waals surface area contributed by atoms with Gasteiger partial charge in [-0.05, 0) is 25.2 Å². The number of amides is 2. The molecule has 2 rings (SSSR count). The van der Waals surface area contributed by atoms with Crippen LogP contribution in [0.1, 0.15) is 71.1 Å². The third-order valence-electron chi connectivity index (χ3n) is 5.02. The van der Waals surface area contributed by atoms with Crippen LogP contribution in [0.25, 0.3) is 0 Å². The van der Waals surface area contributed by atoms with E-state index in [0.717, 1.165) is 38.3 Å². The van der Waals surface area contributed by atoms with Crippen LogP contribution in [-0.2, 0) is 9.59 Å². The van der Waals surface area contributed by atoms with Crippen molar-refractivity contribution in [1.29, 1.82) is 0 Å². The number of likely N-dealkylation sites (tertiary alicyclic amines) is 1. The molecule has 21 heavy (non-hydrogen) atoms. The largest absolute Gasteiger partial charge is 0.353 e. The lowest BCUT2D eigenvalue weighted by Crippen LogP contribution is -2.46. The second-order valence-electron chi connectivity index (χ2n) is 6.62. The standard InChI is InChI=1S/C17H30N2O2/c1-2-17(21)19-12-10-15(11-13-19)18-16(20)9-8-14-6-4-3-5-7-14/h14-15H,2-13H2,1H3,(H,18,20). The van der Waals surface area contributed by atoms with Gasteiger partial charge in [-0.1, -0.05) is 39.0 Å². The molecule has 1 N–H and O–H groups in total. The number of rotatable bonds is 5. The van der Waals surface area contributed by atoms with Crippen molar-refractivity contribution in [3.63, 3.8) is 0 Å². The van der Waals surface area contributed by atoms with Crippen molar-refractivity contribution in [3.05, 3.63) is 0 Å². The Bertz CT molecular complexity index is 343. The quantitative estimate of drug-likeness (QED) is 0.847. The first-order valence-electron chi connectivity index (χ1n) is 8.76. The van der Waals surface area contributed by atoms with Gasteiger partial charge in [0.25, 0.3) is 0 Å². The predicted octanol–water partition coefficient (Wildman–Crippen LogP) is 2.86. The minimum atomic E-state index is 0.209. The van der Waals surface area contributed by atoms with E-state index in [1.54, 1.807) is 0 Å². The zero-order valence-corrected chi connectivity index (χ0v) is 13.4. The Hall–Kier alpha value is -1.06. The van der Waals surface area contributed by atoms with E-state index in [1.165, 1.54) is 32.1 Å². The molecule has 0 spiro atoms. The highest BCUT2D eigenvalue weighted by Gasteiger charge is 2.23. The molecule has 1 heterocycles. The molecule has 1 aliphatic heterocycles. The number of carbonyl (C=O) groups excluding carboxylic acids is 2. The number of carbonyl (C=O) groups is 2. The molecule has 4 nitrogen and oxygen atoms in total. The van der Waals surface area contributed by atoms with E-state index in [9.17, 15) is 9.59 Å². The Morgan fingerprint density at radius 3 is 2.33 bits per heavy atom. The van der Waals surface area contributed by atoms with E-state index < -0.39 is 0 Å². The molecule has 0 radical (unpaired) electrons.